The minimum absolute atomic E-state index is 0.0715. The van der Waals surface area contributed by atoms with Crippen molar-refractivity contribution in [2.45, 2.75) is 88.4 Å². The highest BCUT2D eigenvalue weighted by Gasteiger charge is 2.38. The molecule has 0 saturated carbocycles. The Kier molecular flexibility index (Phi) is 10.6. The molecule has 0 aromatic heterocycles. The number of hydrogen-bond donors (Lipinski definition) is 3. The number of nitrogens with zero attached hydrogens (tertiary/aromatic N) is 2. The summed E-state index contributed by atoms with van der Waals surface area (Å²) in [5.74, 6) is 2.67. The molecule has 4 N–H and O–H groups in total. The van der Waals surface area contributed by atoms with E-state index in [2.05, 4.69) is 16.1 Å². The van der Waals surface area contributed by atoms with Crippen molar-refractivity contribution in [3.63, 3.8) is 0 Å². The highest BCUT2D eigenvalue weighted by Crippen LogP contribution is 2.38. The summed E-state index contributed by atoms with van der Waals surface area (Å²) in [5.41, 5.74) is 5.45. The first kappa shape index (κ1) is 20.8. The first-order chi connectivity index (χ1) is 11.6. The van der Waals surface area contributed by atoms with Gasteiger partial charge in [-0.05, 0) is 38.5 Å². The molecule has 1 rings (SSSR count). The Hall–Kier alpha value is -1.22. The maximum atomic E-state index is 9.56. The summed E-state index contributed by atoms with van der Waals surface area (Å²) < 4.78 is 0. The molecule has 2 atom stereocenters. The first-order valence-corrected chi connectivity index (χ1v) is 9.22. The number of nitrogens with two attached hydrogens (primary N) is 1. The second kappa shape index (κ2) is 12.2. The van der Waals surface area contributed by atoms with E-state index in [0.29, 0.717) is 0 Å². The van der Waals surface area contributed by atoms with E-state index in [1.165, 1.54) is 32.1 Å². The van der Waals surface area contributed by atoms with E-state index in [0.717, 1.165) is 38.5 Å². The molecule has 0 aromatic rings. The summed E-state index contributed by atoms with van der Waals surface area (Å²) in [5, 5.41) is 26.8. The van der Waals surface area contributed by atoms with Gasteiger partial charge in [-0.15, -0.1) is 12.3 Å². The minimum atomic E-state index is -0.749. The molecule has 24 heavy (non-hydrogen) atoms. The number of allylic oxidation sites excluding steroid dienone is 1. The number of hydrogen-bond acceptors (Lipinski definition) is 5. The molecule has 1 aliphatic heterocycles. The van der Waals surface area contributed by atoms with Gasteiger partial charge in [-0.25, -0.2) is 0 Å². The SMILES string of the molecule is C#CCCCC1(CCCCCCCC/C=C/[C@@H](O)[C@@H](N)CO)N=N1. The van der Waals surface area contributed by atoms with Gasteiger partial charge in [0.25, 0.3) is 0 Å². The van der Waals surface area contributed by atoms with Crippen LogP contribution in [0.4, 0.5) is 0 Å². The van der Waals surface area contributed by atoms with Gasteiger partial charge in [0.1, 0.15) is 0 Å². The summed E-state index contributed by atoms with van der Waals surface area (Å²) >= 11 is 0. The van der Waals surface area contributed by atoms with E-state index in [-0.39, 0.29) is 12.3 Å². The average Bonchev–Trinajstić information content (AvgIpc) is 3.35. The van der Waals surface area contributed by atoms with Crippen molar-refractivity contribution in [3.05, 3.63) is 12.2 Å². The van der Waals surface area contributed by atoms with E-state index < -0.39 is 12.1 Å². The summed E-state index contributed by atoms with van der Waals surface area (Å²) in [6, 6.07) is -0.582. The Morgan fingerprint density at radius 3 is 2.29 bits per heavy atom. The van der Waals surface area contributed by atoms with Gasteiger partial charge < -0.3 is 15.9 Å². The number of aliphatic hydroxyl groups excluding tert-OH is 2. The van der Waals surface area contributed by atoms with Gasteiger partial charge in [0.05, 0.1) is 18.8 Å². The van der Waals surface area contributed by atoms with Crippen LogP contribution in [0, 0.1) is 12.3 Å². The third kappa shape index (κ3) is 9.17. The lowest BCUT2D eigenvalue weighted by molar-refractivity contribution is 0.144. The van der Waals surface area contributed by atoms with Crippen LogP contribution in [0.2, 0.25) is 0 Å². The molecule has 5 nitrogen and oxygen atoms in total. The van der Waals surface area contributed by atoms with Gasteiger partial charge in [0.2, 0.25) is 0 Å². The van der Waals surface area contributed by atoms with Crippen LogP contribution < -0.4 is 5.73 Å². The number of rotatable bonds is 15. The van der Waals surface area contributed by atoms with E-state index in [1.807, 2.05) is 6.08 Å². The fourth-order valence-corrected chi connectivity index (χ4v) is 2.73. The molecular weight excluding hydrogens is 302 g/mol. The molecule has 0 unspecified atom stereocenters. The molecular formula is C19H33N3O2. The maximum Gasteiger partial charge on any atom is 0.191 e. The van der Waals surface area contributed by atoms with Crippen molar-refractivity contribution in [3.8, 4) is 12.3 Å². The molecule has 0 aromatic carbocycles. The number of unbranched alkanes of at least 4 members (excludes halogenated alkanes) is 7. The molecule has 0 aliphatic carbocycles. The summed E-state index contributed by atoms with van der Waals surface area (Å²) in [6.45, 7) is -0.197. The average molecular weight is 335 g/mol. The zero-order valence-corrected chi connectivity index (χ0v) is 14.7. The molecule has 136 valence electrons. The zero-order valence-electron chi connectivity index (χ0n) is 14.7. The fraction of sp³-hybridized carbons (Fsp3) is 0.789. The topological polar surface area (TPSA) is 91.2 Å². The molecule has 0 spiro atoms. The third-order valence-electron chi connectivity index (χ3n) is 4.46. The Morgan fingerprint density at radius 1 is 1.04 bits per heavy atom. The van der Waals surface area contributed by atoms with Gasteiger partial charge in [-0.2, -0.15) is 10.2 Å². The van der Waals surface area contributed by atoms with Crippen molar-refractivity contribution < 1.29 is 10.2 Å². The van der Waals surface area contributed by atoms with Gasteiger partial charge in [-0.3, -0.25) is 0 Å². The van der Waals surface area contributed by atoms with Crippen LogP contribution in [0.1, 0.15) is 70.6 Å². The number of terminal acetylenes is 1. The van der Waals surface area contributed by atoms with Crippen LogP contribution in [0.15, 0.2) is 22.4 Å². The van der Waals surface area contributed by atoms with Crippen LogP contribution in [0.25, 0.3) is 0 Å². The van der Waals surface area contributed by atoms with E-state index in [1.54, 1.807) is 6.08 Å². The Balaban J connectivity index is 1.89. The van der Waals surface area contributed by atoms with Crippen LogP contribution in [-0.4, -0.2) is 34.6 Å². The standard InChI is InChI=1S/C19H33N3O2/c1-2-3-11-14-19(21-22-19)15-12-9-7-5-4-6-8-10-13-18(24)17(20)16-23/h1,10,13,17-18,23-24H,3-9,11-12,14-16,20H2/b13-10+/t17-,18+/m0/s1. The molecule has 0 saturated heterocycles. The molecule has 0 fully saturated rings. The van der Waals surface area contributed by atoms with E-state index in [9.17, 15) is 5.11 Å². The predicted octanol–water partition coefficient (Wildman–Crippen LogP) is 3.31. The van der Waals surface area contributed by atoms with Crippen LogP contribution >= 0.6 is 0 Å². The molecule has 0 radical (unpaired) electrons. The lowest BCUT2D eigenvalue weighted by Crippen LogP contribution is -2.36. The van der Waals surface area contributed by atoms with E-state index >= 15 is 0 Å². The lowest BCUT2D eigenvalue weighted by Gasteiger charge is -2.11. The van der Waals surface area contributed by atoms with E-state index in [4.69, 9.17) is 17.3 Å². The molecule has 1 aliphatic rings. The van der Waals surface area contributed by atoms with Crippen molar-refractivity contribution >= 4 is 0 Å². The van der Waals surface area contributed by atoms with Crippen molar-refractivity contribution in [1.82, 2.24) is 0 Å². The Bertz CT molecular complexity index is 423. The highest BCUT2D eigenvalue weighted by molar-refractivity contribution is 4.95. The molecule has 1 heterocycles. The quantitative estimate of drug-likeness (QED) is 0.243. The highest BCUT2D eigenvalue weighted by atomic mass is 16.3. The fourth-order valence-electron chi connectivity index (χ4n) is 2.73. The van der Waals surface area contributed by atoms with Crippen molar-refractivity contribution in [1.29, 1.82) is 0 Å². The normalized spacial score (nSPS) is 17.8. The zero-order chi connectivity index (χ0) is 17.7. The van der Waals surface area contributed by atoms with Crippen LogP contribution in [-0.2, 0) is 0 Å². The Labute approximate surface area is 146 Å². The second-order valence-corrected chi connectivity index (χ2v) is 6.67. The minimum Gasteiger partial charge on any atom is -0.395 e. The smallest absolute Gasteiger partial charge is 0.191 e. The molecule has 0 amide bonds. The monoisotopic (exact) mass is 335 g/mol. The van der Waals surface area contributed by atoms with Crippen molar-refractivity contribution in [2.75, 3.05) is 6.61 Å². The van der Waals surface area contributed by atoms with Gasteiger partial charge in [0.15, 0.2) is 5.66 Å². The summed E-state index contributed by atoms with van der Waals surface area (Å²) in [7, 11) is 0. The summed E-state index contributed by atoms with van der Waals surface area (Å²) in [6.07, 6.45) is 20.3. The largest absolute Gasteiger partial charge is 0.395 e. The third-order valence-corrected chi connectivity index (χ3v) is 4.46. The van der Waals surface area contributed by atoms with Gasteiger partial charge in [0, 0.05) is 6.42 Å². The van der Waals surface area contributed by atoms with Gasteiger partial charge >= 0.3 is 0 Å². The van der Waals surface area contributed by atoms with Gasteiger partial charge in [-0.1, -0.05) is 37.8 Å². The van der Waals surface area contributed by atoms with Crippen molar-refractivity contribution in [2.24, 2.45) is 16.0 Å². The lowest BCUT2D eigenvalue weighted by atomic mass is 9.98. The van der Waals surface area contributed by atoms with Crippen LogP contribution in [0.5, 0.6) is 0 Å². The Morgan fingerprint density at radius 2 is 1.67 bits per heavy atom. The molecule has 0 bridgehead atoms. The maximum absolute atomic E-state index is 9.56. The second-order valence-electron chi connectivity index (χ2n) is 6.67. The van der Waals surface area contributed by atoms with Crippen LogP contribution in [0.3, 0.4) is 0 Å². The molecule has 5 heteroatoms. The predicted molar refractivity (Wildman–Crippen MR) is 97.4 cm³/mol. The number of aliphatic hydroxyl groups is 2. The summed E-state index contributed by atoms with van der Waals surface area (Å²) in [4.78, 5) is 0. The first-order valence-electron chi connectivity index (χ1n) is 9.22.